The van der Waals surface area contributed by atoms with Gasteiger partial charge in [-0.1, -0.05) is 11.6 Å². The fourth-order valence-electron chi connectivity index (χ4n) is 1.89. The van der Waals surface area contributed by atoms with Crippen LogP contribution in [0.5, 0.6) is 5.75 Å². The minimum absolute atomic E-state index is 0.207. The summed E-state index contributed by atoms with van der Waals surface area (Å²) in [5, 5.41) is 5.66. The molecule has 0 saturated heterocycles. The van der Waals surface area contributed by atoms with Gasteiger partial charge in [-0.05, 0) is 31.2 Å². The van der Waals surface area contributed by atoms with Gasteiger partial charge in [-0.2, -0.15) is 0 Å². The maximum atomic E-state index is 12.2. The van der Waals surface area contributed by atoms with Gasteiger partial charge in [0.05, 0.1) is 17.7 Å². The Morgan fingerprint density at radius 2 is 2.00 bits per heavy atom. The molecule has 0 aliphatic rings. The van der Waals surface area contributed by atoms with E-state index in [2.05, 4.69) is 15.6 Å². The Balaban J connectivity index is 2.20. The molecule has 0 radical (unpaired) electrons. The van der Waals surface area contributed by atoms with Gasteiger partial charge >= 0.3 is 0 Å². The highest BCUT2D eigenvalue weighted by Gasteiger charge is 2.13. The number of hydrogen-bond donors (Lipinski definition) is 2. The molecule has 0 fully saturated rings. The number of benzene rings is 1. The third kappa shape index (κ3) is 4.20. The number of amides is 2. The highest BCUT2D eigenvalue weighted by Crippen LogP contribution is 2.21. The number of methoxy groups -OCH3 is 1. The zero-order chi connectivity index (χ0) is 16.8. The quantitative estimate of drug-likeness (QED) is 0.881. The number of nitrogens with one attached hydrogen (secondary N) is 2. The average molecular weight is 334 g/mol. The van der Waals surface area contributed by atoms with Crippen molar-refractivity contribution in [1.29, 1.82) is 0 Å². The molecular weight excluding hydrogens is 318 g/mol. The van der Waals surface area contributed by atoms with Crippen LogP contribution in [0.15, 0.2) is 36.5 Å². The number of ether oxygens (including phenoxy) is 1. The van der Waals surface area contributed by atoms with Crippen molar-refractivity contribution in [3.8, 4) is 5.75 Å². The molecule has 1 aromatic carbocycles. The van der Waals surface area contributed by atoms with Gasteiger partial charge in [-0.3, -0.25) is 14.6 Å². The first-order chi connectivity index (χ1) is 11.0. The zero-order valence-electron chi connectivity index (χ0n) is 12.7. The van der Waals surface area contributed by atoms with E-state index in [1.165, 1.54) is 25.4 Å². The van der Waals surface area contributed by atoms with Crippen LogP contribution < -0.4 is 15.4 Å². The molecular formula is C16H16ClN3O3. The van der Waals surface area contributed by atoms with E-state index in [1.807, 2.05) is 6.92 Å². The normalized spacial score (nSPS) is 10.0. The Morgan fingerprint density at radius 3 is 2.70 bits per heavy atom. The van der Waals surface area contributed by atoms with Crippen molar-refractivity contribution in [2.45, 2.75) is 6.92 Å². The molecule has 0 atom stereocenters. The number of rotatable bonds is 5. The summed E-state index contributed by atoms with van der Waals surface area (Å²) in [4.78, 5) is 28.1. The molecule has 1 heterocycles. The van der Waals surface area contributed by atoms with Gasteiger partial charge in [-0.25, -0.2) is 0 Å². The number of nitrogens with zero attached hydrogens (tertiary/aromatic N) is 1. The van der Waals surface area contributed by atoms with Gasteiger partial charge in [0.25, 0.3) is 11.8 Å². The number of pyridine rings is 1. The fraction of sp³-hybridized carbons (Fsp3) is 0.188. The van der Waals surface area contributed by atoms with Gasteiger partial charge in [-0.15, -0.1) is 0 Å². The second-order valence-corrected chi connectivity index (χ2v) is 5.00. The van der Waals surface area contributed by atoms with Crippen LogP contribution in [0.3, 0.4) is 0 Å². The van der Waals surface area contributed by atoms with E-state index in [-0.39, 0.29) is 11.6 Å². The zero-order valence-corrected chi connectivity index (χ0v) is 13.5. The predicted molar refractivity (Wildman–Crippen MR) is 88.2 cm³/mol. The average Bonchev–Trinajstić information content (AvgIpc) is 2.56. The second-order valence-electron chi connectivity index (χ2n) is 4.59. The number of halogens is 1. The van der Waals surface area contributed by atoms with Gasteiger partial charge < -0.3 is 15.4 Å². The van der Waals surface area contributed by atoms with Gasteiger partial charge in [0.15, 0.2) is 0 Å². The Morgan fingerprint density at radius 1 is 1.22 bits per heavy atom. The number of aromatic nitrogens is 1. The molecule has 6 nitrogen and oxygen atoms in total. The van der Waals surface area contributed by atoms with Gasteiger partial charge in [0.1, 0.15) is 11.4 Å². The van der Waals surface area contributed by atoms with E-state index < -0.39 is 5.91 Å². The first-order valence-electron chi connectivity index (χ1n) is 6.94. The molecule has 0 bridgehead atoms. The summed E-state index contributed by atoms with van der Waals surface area (Å²) in [5.74, 6) is -0.176. The molecule has 120 valence electrons. The predicted octanol–water partition coefficient (Wildman–Crippen LogP) is 2.75. The Hall–Kier alpha value is -2.60. The summed E-state index contributed by atoms with van der Waals surface area (Å²) >= 11 is 6.02. The number of carbonyl (C=O) groups excluding carboxylic acids is 2. The van der Waals surface area contributed by atoms with Crippen molar-refractivity contribution in [3.05, 3.63) is 52.8 Å². The van der Waals surface area contributed by atoms with E-state index in [1.54, 1.807) is 18.2 Å². The lowest BCUT2D eigenvalue weighted by atomic mass is 10.1. The highest BCUT2D eigenvalue weighted by atomic mass is 35.5. The van der Waals surface area contributed by atoms with E-state index in [0.717, 1.165) is 0 Å². The van der Waals surface area contributed by atoms with Crippen LogP contribution in [-0.4, -0.2) is 30.5 Å². The standard InChI is InChI=1S/C16H16ClN3O3/c1-3-18-15(21)12-8-10(4-5-13(12)17)20-16(22)14-9-11(23-2)6-7-19-14/h4-9H,3H2,1-2H3,(H,18,21)(H,20,22). The Kier molecular flexibility index (Phi) is 5.54. The van der Waals surface area contributed by atoms with E-state index in [0.29, 0.717) is 28.6 Å². The maximum absolute atomic E-state index is 12.2. The van der Waals surface area contributed by atoms with E-state index in [4.69, 9.17) is 16.3 Å². The Bertz CT molecular complexity index is 734. The second kappa shape index (κ2) is 7.60. The lowest BCUT2D eigenvalue weighted by Gasteiger charge is -2.09. The molecule has 7 heteroatoms. The van der Waals surface area contributed by atoms with Crippen LogP contribution in [-0.2, 0) is 0 Å². The molecule has 2 rings (SSSR count). The molecule has 0 aliphatic heterocycles. The first kappa shape index (κ1) is 16.8. The van der Waals surface area contributed by atoms with Crippen LogP contribution >= 0.6 is 11.6 Å². The number of hydrogen-bond acceptors (Lipinski definition) is 4. The highest BCUT2D eigenvalue weighted by molar-refractivity contribution is 6.34. The minimum Gasteiger partial charge on any atom is -0.497 e. The molecule has 0 spiro atoms. The number of carbonyl (C=O) groups is 2. The van der Waals surface area contributed by atoms with E-state index in [9.17, 15) is 9.59 Å². The fourth-order valence-corrected chi connectivity index (χ4v) is 2.09. The third-order valence-electron chi connectivity index (χ3n) is 3.01. The van der Waals surface area contributed by atoms with Crippen LogP contribution in [0.1, 0.15) is 27.8 Å². The number of anilines is 1. The third-order valence-corrected chi connectivity index (χ3v) is 3.34. The summed E-state index contributed by atoms with van der Waals surface area (Å²) in [6.07, 6.45) is 1.48. The van der Waals surface area contributed by atoms with Crippen LogP contribution in [0.2, 0.25) is 5.02 Å². The largest absolute Gasteiger partial charge is 0.497 e. The molecule has 1 aromatic heterocycles. The minimum atomic E-state index is -0.409. The van der Waals surface area contributed by atoms with Crippen LogP contribution in [0.4, 0.5) is 5.69 Å². The van der Waals surface area contributed by atoms with Crippen LogP contribution in [0.25, 0.3) is 0 Å². The van der Waals surface area contributed by atoms with Crippen molar-refractivity contribution < 1.29 is 14.3 Å². The maximum Gasteiger partial charge on any atom is 0.274 e. The van der Waals surface area contributed by atoms with Gasteiger partial charge in [0, 0.05) is 24.5 Å². The molecule has 0 saturated carbocycles. The Labute approximate surface area is 138 Å². The van der Waals surface area contributed by atoms with Crippen LogP contribution in [0, 0.1) is 0 Å². The summed E-state index contributed by atoms with van der Waals surface area (Å²) < 4.78 is 5.06. The molecule has 2 amide bonds. The molecule has 2 N–H and O–H groups in total. The SMILES string of the molecule is CCNC(=O)c1cc(NC(=O)c2cc(OC)ccn2)ccc1Cl. The molecule has 0 aliphatic carbocycles. The first-order valence-corrected chi connectivity index (χ1v) is 7.32. The van der Waals surface area contributed by atoms with E-state index >= 15 is 0 Å². The van der Waals surface area contributed by atoms with Crippen molar-refractivity contribution >= 4 is 29.1 Å². The lowest BCUT2D eigenvalue weighted by Crippen LogP contribution is -2.23. The molecule has 23 heavy (non-hydrogen) atoms. The van der Waals surface area contributed by atoms with Crippen molar-refractivity contribution in [2.75, 3.05) is 19.0 Å². The smallest absolute Gasteiger partial charge is 0.274 e. The topological polar surface area (TPSA) is 80.3 Å². The van der Waals surface area contributed by atoms with Crippen molar-refractivity contribution in [3.63, 3.8) is 0 Å². The summed E-state index contributed by atoms with van der Waals surface area (Å²) in [7, 11) is 1.51. The van der Waals surface area contributed by atoms with Gasteiger partial charge in [0.2, 0.25) is 0 Å². The molecule has 0 unspecified atom stereocenters. The van der Waals surface area contributed by atoms with Crippen molar-refractivity contribution in [1.82, 2.24) is 10.3 Å². The summed E-state index contributed by atoms with van der Waals surface area (Å²) in [5.41, 5.74) is 0.953. The summed E-state index contributed by atoms with van der Waals surface area (Å²) in [6, 6.07) is 7.86. The lowest BCUT2D eigenvalue weighted by molar-refractivity contribution is 0.0954. The molecule has 2 aromatic rings. The summed E-state index contributed by atoms with van der Waals surface area (Å²) in [6.45, 7) is 2.30. The van der Waals surface area contributed by atoms with Crippen molar-refractivity contribution in [2.24, 2.45) is 0 Å². The monoisotopic (exact) mass is 333 g/mol.